The standard InChI is InChI=1S/C30H63O12P/c1-4-5-6-7-8-9-10-11-12-13-14-34-15-16-35-17-18-36-19-20-37-21-22-38-23-24-39-25-26-40-29(2)27-41-30(3)28-42-43(31,32)33/h29-30H,4-28H2,1-3H3,(H2,31,32,33). The summed E-state index contributed by atoms with van der Waals surface area (Å²) in [6.07, 6.45) is 12.7. The van der Waals surface area contributed by atoms with Crippen LogP contribution in [0.4, 0.5) is 0 Å². The summed E-state index contributed by atoms with van der Waals surface area (Å²) < 4.78 is 59.1. The second-order valence-electron chi connectivity index (χ2n) is 10.5. The molecule has 0 aromatic heterocycles. The molecule has 43 heavy (non-hydrogen) atoms. The highest BCUT2D eigenvalue weighted by Crippen LogP contribution is 2.35. The lowest BCUT2D eigenvalue weighted by molar-refractivity contribution is -0.0608. The summed E-state index contributed by atoms with van der Waals surface area (Å²) in [7, 11) is -4.48. The first-order chi connectivity index (χ1) is 20.8. The van der Waals surface area contributed by atoms with E-state index in [4.69, 9.17) is 47.7 Å². The molecule has 0 aromatic rings. The predicted molar refractivity (Wildman–Crippen MR) is 166 cm³/mol. The Bertz CT molecular complexity index is 595. The zero-order chi connectivity index (χ0) is 31.7. The first-order valence-corrected chi connectivity index (χ1v) is 17.8. The fourth-order valence-corrected chi connectivity index (χ4v) is 4.20. The first kappa shape index (κ1) is 42.8. The van der Waals surface area contributed by atoms with Crippen LogP contribution in [0.2, 0.25) is 0 Å². The van der Waals surface area contributed by atoms with Gasteiger partial charge in [-0.3, -0.25) is 4.52 Å². The third kappa shape index (κ3) is 37.9. The average molecular weight is 647 g/mol. The van der Waals surface area contributed by atoms with Gasteiger partial charge in [0.1, 0.15) is 0 Å². The summed E-state index contributed by atoms with van der Waals surface area (Å²) in [5.74, 6) is 0. The molecule has 2 unspecified atom stereocenters. The van der Waals surface area contributed by atoms with Crippen molar-refractivity contribution < 1.29 is 56.8 Å². The second-order valence-corrected chi connectivity index (χ2v) is 11.7. The predicted octanol–water partition coefficient (Wildman–Crippen LogP) is 4.93. The van der Waals surface area contributed by atoms with Gasteiger partial charge in [0.15, 0.2) is 0 Å². The van der Waals surface area contributed by atoms with E-state index in [1.165, 1.54) is 57.8 Å². The van der Waals surface area contributed by atoms with Gasteiger partial charge in [-0.1, -0.05) is 64.7 Å². The van der Waals surface area contributed by atoms with Gasteiger partial charge in [0.2, 0.25) is 0 Å². The maximum Gasteiger partial charge on any atom is 0.469 e. The van der Waals surface area contributed by atoms with Gasteiger partial charge < -0.3 is 47.7 Å². The quantitative estimate of drug-likeness (QED) is 0.0705. The Balaban J connectivity index is 3.17. The van der Waals surface area contributed by atoms with Crippen molar-refractivity contribution in [1.82, 2.24) is 0 Å². The van der Waals surface area contributed by atoms with Crippen molar-refractivity contribution in [2.75, 3.05) is 99.1 Å². The SMILES string of the molecule is CCCCCCCCCCCCOCCOCCOCCOCCOCCOCCOC(C)COC(C)COP(=O)(O)O. The Labute approximate surface area is 260 Å². The van der Waals surface area contributed by atoms with E-state index in [0.29, 0.717) is 79.3 Å². The van der Waals surface area contributed by atoms with Crippen molar-refractivity contribution in [3.8, 4) is 0 Å². The lowest BCUT2D eigenvalue weighted by Crippen LogP contribution is -2.24. The molecule has 0 saturated heterocycles. The second kappa shape index (κ2) is 33.2. The zero-order valence-electron chi connectivity index (χ0n) is 27.3. The van der Waals surface area contributed by atoms with Crippen molar-refractivity contribution in [2.45, 2.75) is 97.2 Å². The number of phosphoric ester groups is 1. The third-order valence-corrected chi connectivity index (χ3v) is 6.71. The van der Waals surface area contributed by atoms with E-state index < -0.39 is 13.9 Å². The van der Waals surface area contributed by atoms with Gasteiger partial charge in [-0.25, -0.2) is 4.57 Å². The molecule has 0 aromatic carbocycles. The largest absolute Gasteiger partial charge is 0.469 e. The highest BCUT2D eigenvalue weighted by atomic mass is 31.2. The molecule has 0 fully saturated rings. The van der Waals surface area contributed by atoms with E-state index in [2.05, 4.69) is 11.4 Å². The average Bonchev–Trinajstić information content (AvgIpc) is 2.97. The number of rotatable bonds is 36. The Hall–Kier alpha value is -0.210. The van der Waals surface area contributed by atoms with Crippen molar-refractivity contribution in [1.29, 1.82) is 0 Å². The first-order valence-electron chi connectivity index (χ1n) is 16.2. The molecule has 0 aliphatic carbocycles. The monoisotopic (exact) mass is 646 g/mol. The van der Waals surface area contributed by atoms with Crippen molar-refractivity contribution in [3.05, 3.63) is 0 Å². The number of hydrogen-bond donors (Lipinski definition) is 2. The highest BCUT2D eigenvalue weighted by molar-refractivity contribution is 7.46. The van der Waals surface area contributed by atoms with Gasteiger partial charge in [-0.05, 0) is 20.3 Å². The summed E-state index contributed by atoms with van der Waals surface area (Å²) in [6, 6.07) is 0. The molecule has 0 amide bonds. The smallest absolute Gasteiger partial charge is 0.379 e. The van der Waals surface area contributed by atoms with Crippen LogP contribution in [-0.2, 0) is 47.0 Å². The molecule has 12 nitrogen and oxygen atoms in total. The maximum absolute atomic E-state index is 10.7. The number of ether oxygens (including phenoxy) is 8. The van der Waals surface area contributed by atoms with Gasteiger partial charge in [0.25, 0.3) is 0 Å². The fraction of sp³-hybridized carbons (Fsp3) is 1.00. The van der Waals surface area contributed by atoms with E-state index in [9.17, 15) is 4.57 Å². The van der Waals surface area contributed by atoms with Crippen molar-refractivity contribution in [2.24, 2.45) is 0 Å². The van der Waals surface area contributed by atoms with Crippen LogP contribution >= 0.6 is 7.82 Å². The highest BCUT2D eigenvalue weighted by Gasteiger charge is 2.16. The van der Waals surface area contributed by atoms with E-state index in [0.717, 1.165) is 13.0 Å². The minimum atomic E-state index is -4.48. The summed E-state index contributed by atoms with van der Waals surface area (Å²) in [6.45, 7) is 12.8. The molecule has 2 atom stereocenters. The molecule has 0 heterocycles. The number of hydrogen-bond acceptors (Lipinski definition) is 10. The Morgan fingerprint density at radius 2 is 0.814 bits per heavy atom. The molecule has 0 spiro atoms. The van der Waals surface area contributed by atoms with E-state index in [-0.39, 0.29) is 19.3 Å². The normalized spacial score (nSPS) is 13.5. The minimum Gasteiger partial charge on any atom is -0.379 e. The molecular weight excluding hydrogens is 583 g/mol. The van der Waals surface area contributed by atoms with Crippen LogP contribution in [0, 0.1) is 0 Å². The Morgan fingerprint density at radius 1 is 0.465 bits per heavy atom. The lowest BCUT2D eigenvalue weighted by Gasteiger charge is -2.18. The Kier molecular flexibility index (Phi) is 33.0. The van der Waals surface area contributed by atoms with Crippen LogP contribution in [0.1, 0.15) is 85.0 Å². The summed E-state index contributed by atoms with van der Waals surface area (Å²) in [5, 5.41) is 0. The molecule has 0 radical (unpaired) electrons. The van der Waals surface area contributed by atoms with Gasteiger partial charge in [-0.2, -0.15) is 0 Å². The molecular formula is C30H63O12P. The molecule has 0 saturated carbocycles. The Morgan fingerprint density at radius 3 is 1.23 bits per heavy atom. The van der Waals surface area contributed by atoms with Crippen molar-refractivity contribution in [3.63, 3.8) is 0 Å². The van der Waals surface area contributed by atoms with Crippen LogP contribution in [0.25, 0.3) is 0 Å². The van der Waals surface area contributed by atoms with Crippen LogP contribution in [0.15, 0.2) is 0 Å². The summed E-state index contributed by atoms with van der Waals surface area (Å²) in [5.41, 5.74) is 0. The molecule has 0 rings (SSSR count). The zero-order valence-corrected chi connectivity index (χ0v) is 28.2. The van der Waals surface area contributed by atoms with Crippen LogP contribution in [0.3, 0.4) is 0 Å². The van der Waals surface area contributed by atoms with Crippen LogP contribution in [-0.4, -0.2) is 121 Å². The number of unbranched alkanes of at least 4 members (excludes halogenated alkanes) is 9. The van der Waals surface area contributed by atoms with Gasteiger partial charge in [0, 0.05) is 6.61 Å². The molecule has 0 aliphatic heterocycles. The summed E-state index contributed by atoms with van der Waals surface area (Å²) >= 11 is 0. The number of phosphoric acid groups is 1. The third-order valence-electron chi connectivity index (χ3n) is 6.23. The van der Waals surface area contributed by atoms with Crippen molar-refractivity contribution >= 4 is 7.82 Å². The topological polar surface area (TPSA) is 141 Å². The van der Waals surface area contributed by atoms with Gasteiger partial charge in [-0.15, -0.1) is 0 Å². The molecule has 2 N–H and O–H groups in total. The maximum atomic E-state index is 10.7. The molecule has 13 heteroatoms. The molecule has 0 bridgehead atoms. The molecule has 260 valence electrons. The van der Waals surface area contributed by atoms with Crippen LogP contribution < -0.4 is 0 Å². The molecule has 0 aliphatic rings. The summed E-state index contributed by atoms with van der Waals surface area (Å²) in [4.78, 5) is 17.4. The van der Waals surface area contributed by atoms with Crippen LogP contribution in [0.5, 0.6) is 0 Å². The van der Waals surface area contributed by atoms with E-state index >= 15 is 0 Å². The fourth-order valence-electron chi connectivity index (χ4n) is 3.80. The van der Waals surface area contributed by atoms with Gasteiger partial charge >= 0.3 is 7.82 Å². The van der Waals surface area contributed by atoms with E-state index in [1.54, 1.807) is 6.92 Å². The van der Waals surface area contributed by atoms with E-state index in [1.807, 2.05) is 6.92 Å². The lowest BCUT2D eigenvalue weighted by atomic mass is 10.1. The minimum absolute atomic E-state index is 0.186. The van der Waals surface area contributed by atoms with Gasteiger partial charge in [0.05, 0.1) is 105 Å².